The molecule has 0 saturated heterocycles. The molecule has 0 N–H and O–H groups in total. The summed E-state index contributed by atoms with van der Waals surface area (Å²) in [5.41, 5.74) is 0.621. The lowest BCUT2D eigenvalue weighted by Crippen LogP contribution is -1.91. The van der Waals surface area contributed by atoms with E-state index in [2.05, 4.69) is 5.32 Å². The standard InChI is InChI=1S/C13H10NO2/c15-10-14-11-6-8-13(9-7-11)16-12-4-2-1-3-5-12/h1-10H. The fraction of sp³-hybridized carbons (Fsp3) is 0. The monoisotopic (exact) mass is 212 g/mol. The molecule has 0 bridgehead atoms. The molecule has 2 rings (SSSR count). The lowest BCUT2D eigenvalue weighted by molar-refractivity contribution is -0.108. The zero-order valence-corrected chi connectivity index (χ0v) is 8.54. The first kappa shape index (κ1) is 10.2. The Labute approximate surface area is 93.7 Å². The van der Waals surface area contributed by atoms with Crippen LogP contribution >= 0.6 is 0 Å². The number of carbonyl (C=O) groups excluding carboxylic acids is 1. The molecule has 0 fully saturated rings. The van der Waals surface area contributed by atoms with E-state index in [0.717, 1.165) is 11.5 Å². The molecule has 3 nitrogen and oxygen atoms in total. The molecular weight excluding hydrogens is 202 g/mol. The summed E-state index contributed by atoms with van der Waals surface area (Å²) < 4.78 is 5.58. The predicted molar refractivity (Wildman–Crippen MR) is 60.8 cm³/mol. The summed E-state index contributed by atoms with van der Waals surface area (Å²) in [4.78, 5) is 10.2. The van der Waals surface area contributed by atoms with E-state index in [9.17, 15) is 4.79 Å². The summed E-state index contributed by atoms with van der Waals surface area (Å²) in [6.07, 6.45) is 0.521. The van der Waals surface area contributed by atoms with Crippen molar-refractivity contribution in [3.05, 3.63) is 54.6 Å². The van der Waals surface area contributed by atoms with Gasteiger partial charge in [0.2, 0.25) is 6.41 Å². The third kappa shape index (κ3) is 2.60. The van der Waals surface area contributed by atoms with Crippen molar-refractivity contribution in [2.75, 3.05) is 0 Å². The Morgan fingerprint density at radius 3 is 2.12 bits per heavy atom. The van der Waals surface area contributed by atoms with Gasteiger partial charge in [0.1, 0.15) is 11.5 Å². The molecule has 1 radical (unpaired) electrons. The van der Waals surface area contributed by atoms with E-state index in [1.54, 1.807) is 24.3 Å². The molecule has 2 aromatic rings. The van der Waals surface area contributed by atoms with E-state index in [1.807, 2.05) is 30.3 Å². The molecule has 0 aliphatic carbocycles. The van der Waals surface area contributed by atoms with Crippen molar-refractivity contribution in [1.82, 2.24) is 5.32 Å². The fourth-order valence-corrected chi connectivity index (χ4v) is 1.29. The van der Waals surface area contributed by atoms with Crippen LogP contribution in [0.4, 0.5) is 5.69 Å². The quantitative estimate of drug-likeness (QED) is 0.731. The zero-order chi connectivity index (χ0) is 11.2. The van der Waals surface area contributed by atoms with Crippen molar-refractivity contribution >= 4 is 12.1 Å². The summed E-state index contributed by atoms with van der Waals surface area (Å²) in [5.74, 6) is 1.50. The van der Waals surface area contributed by atoms with Gasteiger partial charge < -0.3 is 4.74 Å². The van der Waals surface area contributed by atoms with Crippen LogP contribution in [0.5, 0.6) is 11.5 Å². The molecule has 79 valence electrons. The van der Waals surface area contributed by atoms with Gasteiger partial charge in [-0.3, -0.25) is 4.79 Å². The maximum absolute atomic E-state index is 10.2. The van der Waals surface area contributed by atoms with E-state index in [4.69, 9.17) is 4.74 Å². The van der Waals surface area contributed by atoms with Crippen molar-refractivity contribution in [1.29, 1.82) is 0 Å². The number of hydrogen-bond donors (Lipinski definition) is 0. The molecule has 0 atom stereocenters. The molecule has 0 aliphatic rings. The Bertz CT molecular complexity index is 451. The van der Waals surface area contributed by atoms with Crippen molar-refractivity contribution < 1.29 is 9.53 Å². The molecule has 0 spiro atoms. The minimum atomic E-state index is 0.521. The van der Waals surface area contributed by atoms with Crippen LogP contribution < -0.4 is 10.1 Å². The minimum absolute atomic E-state index is 0.521. The lowest BCUT2D eigenvalue weighted by Gasteiger charge is -2.05. The first-order valence-corrected chi connectivity index (χ1v) is 4.86. The highest BCUT2D eigenvalue weighted by Crippen LogP contribution is 2.22. The number of rotatable bonds is 4. The zero-order valence-electron chi connectivity index (χ0n) is 8.54. The molecule has 2 aromatic carbocycles. The van der Waals surface area contributed by atoms with Gasteiger partial charge in [-0.1, -0.05) is 18.2 Å². The topological polar surface area (TPSA) is 40.4 Å². The third-order valence-corrected chi connectivity index (χ3v) is 2.02. The van der Waals surface area contributed by atoms with Gasteiger partial charge in [-0.2, -0.15) is 0 Å². The van der Waals surface area contributed by atoms with Crippen LogP contribution in [-0.2, 0) is 4.79 Å². The van der Waals surface area contributed by atoms with Gasteiger partial charge in [0.15, 0.2) is 0 Å². The number of hydrogen-bond acceptors (Lipinski definition) is 2. The third-order valence-electron chi connectivity index (χ3n) is 2.02. The largest absolute Gasteiger partial charge is 0.457 e. The number of amides is 1. The average Bonchev–Trinajstić information content (AvgIpc) is 2.33. The molecule has 0 aliphatic heterocycles. The van der Waals surface area contributed by atoms with Crippen LogP contribution in [0, 0.1) is 0 Å². The summed E-state index contributed by atoms with van der Waals surface area (Å²) in [7, 11) is 0. The summed E-state index contributed by atoms with van der Waals surface area (Å²) in [6.45, 7) is 0. The second kappa shape index (κ2) is 4.98. The Morgan fingerprint density at radius 2 is 1.50 bits per heavy atom. The maximum atomic E-state index is 10.2. The SMILES string of the molecule is O=C[N]c1ccc(Oc2ccccc2)cc1. The molecule has 3 heteroatoms. The van der Waals surface area contributed by atoms with Crippen LogP contribution in [0.25, 0.3) is 0 Å². The van der Waals surface area contributed by atoms with Crippen molar-refractivity contribution in [2.24, 2.45) is 0 Å². The smallest absolute Gasteiger partial charge is 0.233 e. The normalized spacial score (nSPS) is 9.50. The number of benzene rings is 2. The van der Waals surface area contributed by atoms with Crippen molar-refractivity contribution in [3.8, 4) is 11.5 Å². The second-order valence-corrected chi connectivity index (χ2v) is 3.14. The van der Waals surface area contributed by atoms with E-state index in [0.29, 0.717) is 12.1 Å². The minimum Gasteiger partial charge on any atom is -0.457 e. The van der Waals surface area contributed by atoms with Gasteiger partial charge in [0, 0.05) is 0 Å². The first-order chi connectivity index (χ1) is 7.88. The first-order valence-electron chi connectivity index (χ1n) is 4.86. The van der Waals surface area contributed by atoms with Crippen LogP contribution in [0.2, 0.25) is 0 Å². The highest BCUT2D eigenvalue weighted by atomic mass is 16.5. The number of nitrogens with zero attached hydrogens (tertiary/aromatic N) is 1. The molecule has 0 heterocycles. The second-order valence-electron chi connectivity index (χ2n) is 3.14. The number of ether oxygens (including phenoxy) is 1. The Kier molecular flexibility index (Phi) is 3.18. The van der Waals surface area contributed by atoms with Crippen LogP contribution in [0.3, 0.4) is 0 Å². The van der Waals surface area contributed by atoms with Gasteiger partial charge in [0.25, 0.3) is 0 Å². The van der Waals surface area contributed by atoms with E-state index >= 15 is 0 Å². The van der Waals surface area contributed by atoms with E-state index < -0.39 is 0 Å². The van der Waals surface area contributed by atoms with E-state index in [-0.39, 0.29) is 0 Å². The van der Waals surface area contributed by atoms with Gasteiger partial charge >= 0.3 is 0 Å². The van der Waals surface area contributed by atoms with Gasteiger partial charge in [-0.05, 0) is 36.4 Å². The van der Waals surface area contributed by atoms with Gasteiger partial charge in [0.05, 0.1) is 5.69 Å². The maximum Gasteiger partial charge on any atom is 0.233 e. The lowest BCUT2D eigenvalue weighted by atomic mass is 10.3. The Morgan fingerprint density at radius 1 is 0.875 bits per heavy atom. The molecule has 0 unspecified atom stereocenters. The molecule has 16 heavy (non-hydrogen) atoms. The molecule has 0 aromatic heterocycles. The molecule has 1 amide bonds. The fourth-order valence-electron chi connectivity index (χ4n) is 1.29. The van der Waals surface area contributed by atoms with Gasteiger partial charge in [-0.15, -0.1) is 0 Å². The van der Waals surface area contributed by atoms with Crippen molar-refractivity contribution in [2.45, 2.75) is 0 Å². The average molecular weight is 212 g/mol. The van der Waals surface area contributed by atoms with Crippen LogP contribution in [0.1, 0.15) is 0 Å². The summed E-state index contributed by atoms with van der Waals surface area (Å²) in [6, 6.07) is 16.5. The Balaban J connectivity index is 2.08. The summed E-state index contributed by atoms with van der Waals surface area (Å²) >= 11 is 0. The van der Waals surface area contributed by atoms with Gasteiger partial charge in [-0.25, -0.2) is 5.32 Å². The van der Waals surface area contributed by atoms with Crippen LogP contribution in [0.15, 0.2) is 54.6 Å². The highest BCUT2D eigenvalue weighted by molar-refractivity contribution is 5.58. The van der Waals surface area contributed by atoms with Crippen LogP contribution in [-0.4, -0.2) is 6.41 Å². The van der Waals surface area contributed by atoms with Crippen molar-refractivity contribution in [3.63, 3.8) is 0 Å². The highest BCUT2D eigenvalue weighted by Gasteiger charge is 1.97. The van der Waals surface area contributed by atoms with E-state index in [1.165, 1.54) is 0 Å². The molecule has 0 saturated carbocycles. The number of carbonyl (C=O) groups is 1. The summed E-state index contributed by atoms with van der Waals surface area (Å²) in [5, 5.41) is 3.62. The Hall–Kier alpha value is -2.29. The predicted octanol–water partition coefficient (Wildman–Crippen LogP) is 2.87. The number of para-hydroxylation sites is 1. The molecular formula is C13H10NO2.